The van der Waals surface area contributed by atoms with E-state index in [9.17, 15) is 0 Å². The van der Waals surface area contributed by atoms with Crippen LogP contribution in [0.5, 0.6) is 0 Å². The lowest BCUT2D eigenvalue weighted by molar-refractivity contribution is 0.580. The summed E-state index contributed by atoms with van der Waals surface area (Å²) in [6.07, 6.45) is 1.06. The molecular formula is C21H19N. The monoisotopic (exact) mass is 285 g/mol. The normalized spacial score (nSPS) is 17.1. The Morgan fingerprint density at radius 3 is 1.95 bits per heavy atom. The number of hydrogen-bond donors (Lipinski definition) is 0. The molecule has 4 rings (SSSR count). The molecule has 3 aromatic carbocycles. The Morgan fingerprint density at radius 2 is 1.23 bits per heavy atom. The van der Waals surface area contributed by atoms with Gasteiger partial charge in [0.2, 0.25) is 0 Å². The quantitative estimate of drug-likeness (QED) is 0.641. The molecule has 0 aromatic heterocycles. The van der Waals surface area contributed by atoms with Gasteiger partial charge in [-0.1, -0.05) is 72.8 Å². The summed E-state index contributed by atoms with van der Waals surface area (Å²) in [6.45, 7) is 0.972. The number of anilines is 1. The summed E-state index contributed by atoms with van der Waals surface area (Å²) in [6, 6.07) is 30.8. The second-order valence-corrected chi connectivity index (χ2v) is 5.86. The summed E-state index contributed by atoms with van der Waals surface area (Å²) in [4.78, 5) is 2.53. The minimum Gasteiger partial charge on any atom is -0.360 e. The minimum atomic E-state index is 0.401. The maximum absolute atomic E-state index is 2.53. The van der Waals surface area contributed by atoms with Crippen molar-refractivity contribution in [1.29, 1.82) is 0 Å². The van der Waals surface area contributed by atoms with Crippen LogP contribution in [0.2, 0.25) is 0 Å². The number of fused-ring (bicyclic) bond motifs is 1. The molecule has 3 aromatic rings. The Labute approximate surface area is 131 Å². The highest BCUT2D eigenvalue weighted by molar-refractivity contribution is 5.52. The number of benzene rings is 3. The fourth-order valence-corrected chi connectivity index (χ4v) is 3.39. The van der Waals surface area contributed by atoms with E-state index in [1.165, 1.54) is 22.4 Å². The molecule has 108 valence electrons. The molecule has 1 unspecified atom stereocenters. The van der Waals surface area contributed by atoms with Crippen LogP contribution in [0.15, 0.2) is 84.9 Å². The standard InChI is InChI=1S/C21H19N/c1-3-9-17(10-4-1)21-15-18-11-7-8-12-19(18)16-22(21)20-13-5-2-6-14-20/h1-14,21H,15-16H2. The molecule has 1 heteroatoms. The first-order valence-corrected chi connectivity index (χ1v) is 7.85. The molecule has 0 saturated heterocycles. The second-order valence-electron chi connectivity index (χ2n) is 5.86. The molecule has 0 saturated carbocycles. The molecule has 1 aliphatic rings. The van der Waals surface area contributed by atoms with Crippen LogP contribution in [0, 0.1) is 0 Å². The summed E-state index contributed by atoms with van der Waals surface area (Å²) in [5, 5.41) is 0. The smallest absolute Gasteiger partial charge is 0.0586 e. The predicted molar refractivity (Wildman–Crippen MR) is 92.0 cm³/mol. The predicted octanol–water partition coefficient (Wildman–Crippen LogP) is 4.99. The third kappa shape index (κ3) is 2.39. The van der Waals surface area contributed by atoms with Gasteiger partial charge in [0.1, 0.15) is 0 Å². The van der Waals surface area contributed by atoms with E-state index in [1.807, 2.05) is 0 Å². The van der Waals surface area contributed by atoms with Crippen molar-refractivity contribution in [1.82, 2.24) is 0 Å². The summed E-state index contributed by atoms with van der Waals surface area (Å²) < 4.78 is 0. The third-order valence-electron chi connectivity index (χ3n) is 4.52. The van der Waals surface area contributed by atoms with Gasteiger partial charge in [0.25, 0.3) is 0 Å². The fourth-order valence-electron chi connectivity index (χ4n) is 3.39. The van der Waals surface area contributed by atoms with Crippen molar-refractivity contribution in [2.45, 2.75) is 19.0 Å². The first-order valence-electron chi connectivity index (χ1n) is 7.85. The molecule has 0 radical (unpaired) electrons. The largest absolute Gasteiger partial charge is 0.360 e. The van der Waals surface area contributed by atoms with Crippen molar-refractivity contribution in [3.8, 4) is 0 Å². The fraction of sp³-hybridized carbons (Fsp3) is 0.143. The van der Waals surface area contributed by atoms with Crippen LogP contribution in [-0.2, 0) is 13.0 Å². The van der Waals surface area contributed by atoms with E-state index in [1.54, 1.807) is 0 Å². The Balaban J connectivity index is 1.79. The minimum absolute atomic E-state index is 0.401. The second kappa shape index (κ2) is 5.69. The van der Waals surface area contributed by atoms with Crippen molar-refractivity contribution in [3.63, 3.8) is 0 Å². The van der Waals surface area contributed by atoms with Gasteiger partial charge in [-0.15, -0.1) is 0 Å². The van der Waals surface area contributed by atoms with E-state index >= 15 is 0 Å². The number of hydrogen-bond acceptors (Lipinski definition) is 1. The highest BCUT2D eigenvalue weighted by atomic mass is 15.2. The zero-order valence-corrected chi connectivity index (χ0v) is 12.5. The maximum atomic E-state index is 2.53. The molecule has 0 aliphatic carbocycles. The van der Waals surface area contributed by atoms with Gasteiger partial charge >= 0.3 is 0 Å². The third-order valence-corrected chi connectivity index (χ3v) is 4.52. The van der Waals surface area contributed by atoms with Crippen LogP contribution in [0.3, 0.4) is 0 Å². The van der Waals surface area contributed by atoms with Gasteiger partial charge in [-0.2, -0.15) is 0 Å². The maximum Gasteiger partial charge on any atom is 0.0586 e. The molecule has 0 amide bonds. The van der Waals surface area contributed by atoms with Crippen LogP contribution >= 0.6 is 0 Å². The average Bonchev–Trinajstić information content (AvgIpc) is 2.62. The number of para-hydroxylation sites is 1. The molecule has 0 fully saturated rings. The number of nitrogens with zero attached hydrogens (tertiary/aromatic N) is 1. The van der Waals surface area contributed by atoms with Gasteiger partial charge in [-0.25, -0.2) is 0 Å². The van der Waals surface area contributed by atoms with Gasteiger partial charge in [-0.05, 0) is 35.2 Å². The first kappa shape index (κ1) is 13.1. The van der Waals surface area contributed by atoms with Gasteiger partial charge in [0.15, 0.2) is 0 Å². The summed E-state index contributed by atoms with van der Waals surface area (Å²) in [5.74, 6) is 0. The average molecular weight is 285 g/mol. The SMILES string of the molecule is c1ccc(C2Cc3ccccc3CN2c2ccccc2)cc1. The molecule has 1 aliphatic heterocycles. The molecular weight excluding hydrogens is 266 g/mol. The van der Waals surface area contributed by atoms with Crippen LogP contribution < -0.4 is 4.90 Å². The van der Waals surface area contributed by atoms with E-state index in [0.717, 1.165) is 13.0 Å². The van der Waals surface area contributed by atoms with E-state index in [-0.39, 0.29) is 0 Å². The van der Waals surface area contributed by atoms with E-state index < -0.39 is 0 Å². The Bertz CT molecular complexity index is 683. The van der Waals surface area contributed by atoms with Crippen molar-refractivity contribution in [2.24, 2.45) is 0 Å². The van der Waals surface area contributed by atoms with Crippen LogP contribution in [-0.4, -0.2) is 0 Å². The highest BCUT2D eigenvalue weighted by Crippen LogP contribution is 2.36. The van der Waals surface area contributed by atoms with E-state index in [0.29, 0.717) is 6.04 Å². The summed E-state index contributed by atoms with van der Waals surface area (Å²) in [7, 11) is 0. The van der Waals surface area contributed by atoms with Crippen molar-refractivity contribution in [3.05, 3.63) is 102 Å². The topological polar surface area (TPSA) is 3.24 Å². The lowest BCUT2D eigenvalue weighted by Gasteiger charge is -2.39. The molecule has 1 nitrogen and oxygen atoms in total. The van der Waals surface area contributed by atoms with Crippen molar-refractivity contribution < 1.29 is 0 Å². The zero-order valence-electron chi connectivity index (χ0n) is 12.5. The zero-order chi connectivity index (χ0) is 14.8. The van der Waals surface area contributed by atoms with Gasteiger partial charge < -0.3 is 4.90 Å². The lowest BCUT2D eigenvalue weighted by atomic mass is 9.89. The molecule has 0 N–H and O–H groups in total. The van der Waals surface area contributed by atoms with Gasteiger partial charge in [0.05, 0.1) is 6.04 Å². The Kier molecular flexibility index (Phi) is 3.40. The molecule has 22 heavy (non-hydrogen) atoms. The van der Waals surface area contributed by atoms with Crippen LogP contribution in [0.1, 0.15) is 22.7 Å². The summed E-state index contributed by atoms with van der Waals surface area (Å²) >= 11 is 0. The first-order chi connectivity index (χ1) is 10.9. The van der Waals surface area contributed by atoms with E-state index in [4.69, 9.17) is 0 Å². The lowest BCUT2D eigenvalue weighted by Crippen LogP contribution is -2.34. The van der Waals surface area contributed by atoms with Crippen molar-refractivity contribution >= 4 is 5.69 Å². The number of rotatable bonds is 2. The highest BCUT2D eigenvalue weighted by Gasteiger charge is 2.27. The molecule has 0 bridgehead atoms. The summed E-state index contributed by atoms with van der Waals surface area (Å²) in [5.41, 5.74) is 5.61. The van der Waals surface area contributed by atoms with Crippen molar-refractivity contribution in [2.75, 3.05) is 4.90 Å². The van der Waals surface area contributed by atoms with Gasteiger partial charge in [-0.3, -0.25) is 0 Å². The molecule has 1 heterocycles. The molecule has 1 atom stereocenters. The molecule has 0 spiro atoms. The van der Waals surface area contributed by atoms with Gasteiger partial charge in [0, 0.05) is 12.2 Å². The van der Waals surface area contributed by atoms with Crippen LogP contribution in [0.25, 0.3) is 0 Å². The Hall–Kier alpha value is -2.54. The Morgan fingerprint density at radius 1 is 0.636 bits per heavy atom. The van der Waals surface area contributed by atoms with E-state index in [2.05, 4.69) is 89.8 Å². The van der Waals surface area contributed by atoms with Crippen LogP contribution in [0.4, 0.5) is 5.69 Å².